The van der Waals surface area contributed by atoms with Crippen LogP contribution in [0.4, 0.5) is 0 Å². The number of carbonyl (C=O) groups excluding carboxylic acids is 1. The molecule has 0 saturated carbocycles. The highest BCUT2D eigenvalue weighted by Gasteiger charge is 2.39. The lowest BCUT2D eigenvalue weighted by Gasteiger charge is -2.40. The predicted molar refractivity (Wildman–Crippen MR) is 72.2 cm³/mol. The Bertz CT molecular complexity index is 218. The number of aldehydes is 1. The zero-order chi connectivity index (χ0) is 13.0. The van der Waals surface area contributed by atoms with Crippen LogP contribution in [0, 0.1) is 5.92 Å². The normalized spacial score (nSPS) is 16.9. The van der Waals surface area contributed by atoms with Gasteiger partial charge in [0.05, 0.1) is 6.10 Å². The first-order chi connectivity index (χ1) is 7.15. The Labute approximate surface area is 102 Å². The average Bonchev–Trinajstić information content (AvgIpc) is 2.14. The fourth-order valence-corrected chi connectivity index (χ4v) is 2.80. The highest BCUT2D eigenvalue weighted by molar-refractivity contribution is 6.74. The summed E-state index contributed by atoms with van der Waals surface area (Å²) in [6.07, 6.45) is 3.17. The number of rotatable bonds is 6. The second-order valence-electron chi connectivity index (χ2n) is 6.20. The van der Waals surface area contributed by atoms with E-state index >= 15 is 0 Å². The summed E-state index contributed by atoms with van der Waals surface area (Å²) in [6, 6.07) is 0. The SMILES string of the molecule is CCC[C@@H](O[Si](C)(C)C(C)(C)C)C(C)C=O. The number of carbonyl (C=O) groups is 1. The van der Waals surface area contributed by atoms with Crippen LogP contribution in [0.1, 0.15) is 47.5 Å². The zero-order valence-corrected chi connectivity index (χ0v) is 13.0. The highest BCUT2D eigenvalue weighted by atomic mass is 28.4. The van der Waals surface area contributed by atoms with Crippen LogP contribution in [-0.4, -0.2) is 20.7 Å². The van der Waals surface area contributed by atoms with Gasteiger partial charge in [0.1, 0.15) is 6.29 Å². The van der Waals surface area contributed by atoms with E-state index in [0.717, 1.165) is 19.1 Å². The van der Waals surface area contributed by atoms with E-state index < -0.39 is 8.32 Å². The van der Waals surface area contributed by atoms with E-state index in [-0.39, 0.29) is 17.1 Å². The molecular weight excluding hydrogens is 216 g/mol. The van der Waals surface area contributed by atoms with Crippen molar-refractivity contribution in [1.82, 2.24) is 0 Å². The molecule has 2 nitrogen and oxygen atoms in total. The molecule has 0 spiro atoms. The lowest BCUT2D eigenvalue weighted by Crippen LogP contribution is -2.45. The van der Waals surface area contributed by atoms with Crippen LogP contribution < -0.4 is 0 Å². The van der Waals surface area contributed by atoms with Gasteiger partial charge >= 0.3 is 0 Å². The van der Waals surface area contributed by atoms with Crippen LogP contribution in [0.3, 0.4) is 0 Å². The molecule has 2 atom stereocenters. The van der Waals surface area contributed by atoms with Crippen LogP contribution in [-0.2, 0) is 9.22 Å². The van der Waals surface area contributed by atoms with Crippen molar-refractivity contribution in [1.29, 1.82) is 0 Å². The van der Waals surface area contributed by atoms with Crippen molar-refractivity contribution in [3.8, 4) is 0 Å². The topological polar surface area (TPSA) is 26.3 Å². The molecule has 0 bridgehead atoms. The van der Waals surface area contributed by atoms with Crippen LogP contribution in [0.15, 0.2) is 0 Å². The molecule has 0 aromatic rings. The quantitative estimate of drug-likeness (QED) is 0.521. The summed E-state index contributed by atoms with van der Waals surface area (Å²) in [5.41, 5.74) is 0. The van der Waals surface area contributed by atoms with Crippen LogP contribution in [0.2, 0.25) is 18.1 Å². The molecule has 96 valence electrons. The average molecular weight is 244 g/mol. The summed E-state index contributed by atoms with van der Waals surface area (Å²) in [4.78, 5) is 10.9. The minimum absolute atomic E-state index is 0.00840. The van der Waals surface area contributed by atoms with Gasteiger partial charge in [0.2, 0.25) is 0 Å². The van der Waals surface area contributed by atoms with Crippen molar-refractivity contribution in [2.75, 3.05) is 0 Å². The van der Waals surface area contributed by atoms with Gasteiger partial charge in [0.25, 0.3) is 0 Å². The first-order valence-corrected chi connectivity index (χ1v) is 9.19. The molecule has 0 fully saturated rings. The predicted octanol–water partition coefficient (Wildman–Crippen LogP) is 4.01. The molecule has 0 heterocycles. The monoisotopic (exact) mass is 244 g/mol. The van der Waals surface area contributed by atoms with E-state index in [0.29, 0.717) is 0 Å². The molecule has 1 unspecified atom stereocenters. The maximum atomic E-state index is 10.9. The first-order valence-electron chi connectivity index (χ1n) is 6.28. The molecule has 0 aliphatic heterocycles. The minimum atomic E-state index is -1.74. The Morgan fingerprint density at radius 1 is 1.31 bits per heavy atom. The Morgan fingerprint density at radius 2 is 1.81 bits per heavy atom. The lowest BCUT2D eigenvalue weighted by molar-refractivity contribution is -0.113. The van der Waals surface area contributed by atoms with E-state index in [1.807, 2.05) is 6.92 Å². The smallest absolute Gasteiger partial charge is 0.192 e. The fraction of sp³-hybridized carbons (Fsp3) is 0.923. The molecular formula is C13H28O2Si. The molecule has 0 aromatic heterocycles. The van der Waals surface area contributed by atoms with Crippen LogP contribution >= 0.6 is 0 Å². The molecule has 0 aliphatic rings. The van der Waals surface area contributed by atoms with Gasteiger partial charge in [0, 0.05) is 5.92 Å². The van der Waals surface area contributed by atoms with Crippen molar-refractivity contribution in [2.45, 2.75) is 71.7 Å². The third-order valence-electron chi connectivity index (χ3n) is 3.63. The van der Waals surface area contributed by atoms with E-state index in [1.54, 1.807) is 0 Å². The third kappa shape index (κ3) is 4.38. The van der Waals surface area contributed by atoms with Gasteiger partial charge in [-0.15, -0.1) is 0 Å². The summed E-state index contributed by atoms with van der Waals surface area (Å²) in [7, 11) is -1.74. The Balaban J connectivity index is 4.68. The van der Waals surface area contributed by atoms with Crippen molar-refractivity contribution in [3.05, 3.63) is 0 Å². The zero-order valence-electron chi connectivity index (χ0n) is 12.0. The van der Waals surface area contributed by atoms with Crippen molar-refractivity contribution < 1.29 is 9.22 Å². The van der Waals surface area contributed by atoms with Gasteiger partial charge in [-0.25, -0.2) is 0 Å². The second kappa shape index (κ2) is 5.96. The maximum absolute atomic E-state index is 10.9. The summed E-state index contributed by atoms with van der Waals surface area (Å²) < 4.78 is 6.30. The summed E-state index contributed by atoms with van der Waals surface area (Å²) >= 11 is 0. The number of hydrogen-bond acceptors (Lipinski definition) is 2. The van der Waals surface area contributed by atoms with Crippen molar-refractivity contribution in [2.24, 2.45) is 5.92 Å². The molecule has 0 N–H and O–H groups in total. The molecule has 0 amide bonds. The largest absolute Gasteiger partial charge is 0.413 e. The van der Waals surface area contributed by atoms with Crippen LogP contribution in [0.25, 0.3) is 0 Å². The summed E-state index contributed by atoms with van der Waals surface area (Å²) in [5, 5.41) is 0.210. The first kappa shape index (κ1) is 15.8. The van der Waals surface area contributed by atoms with E-state index in [2.05, 4.69) is 40.8 Å². The van der Waals surface area contributed by atoms with Crippen molar-refractivity contribution >= 4 is 14.6 Å². The number of hydrogen-bond donors (Lipinski definition) is 0. The van der Waals surface area contributed by atoms with Crippen LogP contribution in [0.5, 0.6) is 0 Å². The third-order valence-corrected chi connectivity index (χ3v) is 8.13. The lowest BCUT2D eigenvalue weighted by atomic mass is 10.0. The molecule has 16 heavy (non-hydrogen) atoms. The van der Waals surface area contributed by atoms with Gasteiger partial charge < -0.3 is 9.22 Å². The van der Waals surface area contributed by atoms with Gasteiger partial charge in [-0.2, -0.15) is 0 Å². The Hall–Kier alpha value is -0.153. The summed E-state index contributed by atoms with van der Waals surface area (Å²) in [5.74, 6) is 0.00840. The molecule has 0 rings (SSSR count). The molecule has 0 aromatic carbocycles. The highest BCUT2D eigenvalue weighted by Crippen LogP contribution is 2.38. The van der Waals surface area contributed by atoms with Gasteiger partial charge in [0.15, 0.2) is 8.32 Å². The Morgan fingerprint density at radius 3 is 2.12 bits per heavy atom. The van der Waals surface area contributed by atoms with Gasteiger partial charge in [-0.05, 0) is 24.6 Å². The minimum Gasteiger partial charge on any atom is -0.413 e. The molecule has 3 heteroatoms. The maximum Gasteiger partial charge on any atom is 0.192 e. The molecule has 0 aliphatic carbocycles. The van der Waals surface area contributed by atoms with E-state index in [4.69, 9.17) is 4.43 Å². The van der Waals surface area contributed by atoms with Gasteiger partial charge in [-0.3, -0.25) is 0 Å². The van der Waals surface area contributed by atoms with Crippen molar-refractivity contribution in [3.63, 3.8) is 0 Å². The van der Waals surface area contributed by atoms with Gasteiger partial charge in [-0.1, -0.05) is 41.0 Å². The van der Waals surface area contributed by atoms with E-state index in [9.17, 15) is 4.79 Å². The Kier molecular flexibility index (Phi) is 5.91. The van der Waals surface area contributed by atoms with E-state index in [1.165, 1.54) is 0 Å². The second-order valence-corrected chi connectivity index (χ2v) is 11.0. The molecule has 0 saturated heterocycles. The molecule has 0 radical (unpaired) electrons. The summed E-state index contributed by atoms with van der Waals surface area (Å²) in [6.45, 7) is 15.3. The standard InChI is InChI=1S/C13H28O2Si/c1-8-9-12(11(2)10-14)15-16(6,7)13(3,4)5/h10-12H,8-9H2,1-7H3/t11?,12-/m1/s1. The fourth-order valence-electron chi connectivity index (χ4n) is 1.36.